The summed E-state index contributed by atoms with van der Waals surface area (Å²) in [6, 6.07) is 1.50. The fourth-order valence-corrected chi connectivity index (χ4v) is 2.89. The molecule has 2 heterocycles. The number of hydrogen-bond acceptors (Lipinski definition) is 5. The zero-order chi connectivity index (χ0) is 16.3. The molecule has 1 aliphatic heterocycles. The smallest absolute Gasteiger partial charge is 0.337 e. The Balaban J connectivity index is 2.25. The zero-order valence-electron chi connectivity index (χ0n) is 12.5. The van der Waals surface area contributed by atoms with Gasteiger partial charge in [-0.05, 0) is 12.5 Å². The van der Waals surface area contributed by atoms with Crippen molar-refractivity contribution in [1.29, 1.82) is 0 Å². The van der Waals surface area contributed by atoms with Crippen molar-refractivity contribution in [3.8, 4) is 0 Å². The van der Waals surface area contributed by atoms with E-state index in [0.717, 1.165) is 19.2 Å². The lowest BCUT2D eigenvalue weighted by molar-refractivity contribution is -0.144. The average molecular weight is 305 g/mol. The highest BCUT2D eigenvalue weighted by atomic mass is 16.4. The van der Waals surface area contributed by atoms with Gasteiger partial charge in [-0.15, -0.1) is 0 Å². The molecule has 1 fully saturated rings. The number of anilines is 1. The van der Waals surface area contributed by atoms with Crippen LogP contribution in [-0.2, 0) is 4.79 Å². The lowest BCUT2D eigenvalue weighted by atomic mass is 9.83. The molecule has 2 rings (SSSR count). The second-order valence-electron chi connectivity index (χ2n) is 5.80. The largest absolute Gasteiger partial charge is 0.480 e. The lowest BCUT2D eigenvalue weighted by Crippen LogP contribution is -2.54. The number of aromatic nitrogens is 1. The number of aliphatic carboxylic acids is 1. The van der Waals surface area contributed by atoms with Crippen LogP contribution in [0.5, 0.6) is 0 Å². The molecule has 0 unspecified atom stereocenters. The van der Waals surface area contributed by atoms with E-state index in [2.05, 4.69) is 4.98 Å². The molecule has 4 N–H and O–H groups in total. The molecule has 1 aromatic rings. The molecule has 118 valence electrons. The van der Waals surface area contributed by atoms with Crippen molar-refractivity contribution in [1.82, 2.24) is 4.98 Å². The predicted molar refractivity (Wildman–Crippen MR) is 84.0 cm³/mol. The van der Waals surface area contributed by atoms with Gasteiger partial charge in [0, 0.05) is 25.2 Å². The standard InChI is InChI=1S/C14H20BN3O4/c15-3-1-2-10-7-18(8-14(10,16)13(21)22)11-4-9(12(19)20)5-17-6-11/h4-6,10H,1-3,7-8,15-16H2,(H,19,20)(H,21,22)/t10-,14-/m0/s1. The summed E-state index contributed by atoms with van der Waals surface area (Å²) >= 11 is 0. The van der Waals surface area contributed by atoms with Crippen molar-refractivity contribution < 1.29 is 19.8 Å². The van der Waals surface area contributed by atoms with Crippen LogP contribution in [0.15, 0.2) is 18.5 Å². The minimum absolute atomic E-state index is 0.0763. The minimum atomic E-state index is -1.31. The van der Waals surface area contributed by atoms with E-state index in [1.165, 1.54) is 18.5 Å². The van der Waals surface area contributed by atoms with Crippen LogP contribution in [0.4, 0.5) is 5.69 Å². The van der Waals surface area contributed by atoms with Gasteiger partial charge in [-0.25, -0.2) is 4.79 Å². The van der Waals surface area contributed by atoms with Crippen LogP contribution in [0, 0.1) is 5.92 Å². The van der Waals surface area contributed by atoms with E-state index in [-0.39, 0.29) is 18.0 Å². The highest BCUT2D eigenvalue weighted by molar-refractivity contribution is 6.08. The van der Waals surface area contributed by atoms with Crippen molar-refractivity contribution >= 4 is 25.5 Å². The third kappa shape index (κ3) is 3.06. The van der Waals surface area contributed by atoms with Gasteiger partial charge >= 0.3 is 11.9 Å². The molecule has 1 aromatic heterocycles. The summed E-state index contributed by atoms with van der Waals surface area (Å²) < 4.78 is 0. The minimum Gasteiger partial charge on any atom is -0.480 e. The van der Waals surface area contributed by atoms with E-state index in [9.17, 15) is 14.7 Å². The van der Waals surface area contributed by atoms with Gasteiger partial charge in [0.25, 0.3) is 0 Å². The zero-order valence-corrected chi connectivity index (χ0v) is 12.5. The normalized spacial score (nSPS) is 24.4. The number of hydrogen-bond donors (Lipinski definition) is 3. The Kier molecular flexibility index (Phi) is 4.70. The Morgan fingerprint density at radius 3 is 2.77 bits per heavy atom. The number of carbonyl (C=O) groups is 2. The molecule has 0 spiro atoms. The van der Waals surface area contributed by atoms with Gasteiger partial charge in [0.15, 0.2) is 0 Å². The second-order valence-corrected chi connectivity index (χ2v) is 5.80. The van der Waals surface area contributed by atoms with Crippen LogP contribution in [-0.4, -0.2) is 53.6 Å². The number of carboxylic acid groups (broad SMARTS) is 2. The van der Waals surface area contributed by atoms with E-state index >= 15 is 0 Å². The third-order valence-corrected chi connectivity index (χ3v) is 4.26. The lowest BCUT2D eigenvalue weighted by Gasteiger charge is -2.25. The Hall–Kier alpha value is -2.09. The van der Waals surface area contributed by atoms with Gasteiger partial charge in [0.05, 0.1) is 17.4 Å². The number of pyridine rings is 1. The Morgan fingerprint density at radius 2 is 2.18 bits per heavy atom. The van der Waals surface area contributed by atoms with Gasteiger partial charge in [0.2, 0.25) is 0 Å². The molecule has 7 nitrogen and oxygen atoms in total. The molecule has 22 heavy (non-hydrogen) atoms. The van der Waals surface area contributed by atoms with E-state index in [1.54, 1.807) is 0 Å². The molecule has 2 atom stereocenters. The highest BCUT2D eigenvalue weighted by Gasteiger charge is 2.49. The molecule has 0 radical (unpaired) electrons. The molecule has 0 amide bonds. The van der Waals surface area contributed by atoms with Gasteiger partial charge in [-0.1, -0.05) is 12.7 Å². The van der Waals surface area contributed by atoms with Crippen molar-refractivity contribution in [3.63, 3.8) is 0 Å². The first-order valence-corrected chi connectivity index (χ1v) is 7.34. The SMILES string of the molecule is BCCC[C@H]1CN(c2cncc(C(=O)O)c2)C[C@@]1(N)C(=O)O. The van der Waals surface area contributed by atoms with Crippen LogP contribution in [0.1, 0.15) is 23.2 Å². The summed E-state index contributed by atoms with van der Waals surface area (Å²) in [5.74, 6) is -2.25. The summed E-state index contributed by atoms with van der Waals surface area (Å²) in [5.41, 5.74) is 5.49. The van der Waals surface area contributed by atoms with Crippen LogP contribution >= 0.6 is 0 Å². The van der Waals surface area contributed by atoms with E-state index in [1.807, 2.05) is 12.7 Å². The molecule has 0 bridgehead atoms. The van der Waals surface area contributed by atoms with Crippen molar-refractivity contribution in [2.45, 2.75) is 24.7 Å². The number of aromatic carboxylic acids is 1. The van der Waals surface area contributed by atoms with Crippen LogP contribution < -0.4 is 10.6 Å². The molecule has 8 heteroatoms. The molecular weight excluding hydrogens is 285 g/mol. The predicted octanol–water partition coefficient (Wildman–Crippen LogP) is -0.170. The average Bonchev–Trinajstić information content (AvgIpc) is 2.84. The summed E-state index contributed by atoms with van der Waals surface area (Å²) in [6.07, 6.45) is 5.43. The first-order valence-electron chi connectivity index (χ1n) is 7.34. The molecule has 1 aliphatic rings. The second kappa shape index (κ2) is 6.35. The fourth-order valence-electron chi connectivity index (χ4n) is 2.89. The maximum atomic E-state index is 11.6. The number of nitrogens with two attached hydrogens (primary N) is 1. The Morgan fingerprint density at radius 1 is 1.45 bits per heavy atom. The maximum Gasteiger partial charge on any atom is 0.337 e. The van der Waals surface area contributed by atoms with Crippen molar-refractivity contribution in [2.24, 2.45) is 11.7 Å². The summed E-state index contributed by atoms with van der Waals surface area (Å²) in [7, 11) is 2.05. The Labute approximate surface area is 129 Å². The maximum absolute atomic E-state index is 11.6. The monoisotopic (exact) mass is 305 g/mol. The van der Waals surface area contributed by atoms with Crippen molar-refractivity contribution in [2.75, 3.05) is 18.0 Å². The number of rotatable bonds is 6. The van der Waals surface area contributed by atoms with Crippen LogP contribution in [0.25, 0.3) is 0 Å². The summed E-state index contributed by atoms with van der Waals surface area (Å²) in [4.78, 5) is 28.4. The van der Waals surface area contributed by atoms with Gasteiger partial charge in [-0.3, -0.25) is 9.78 Å². The third-order valence-electron chi connectivity index (χ3n) is 4.26. The van der Waals surface area contributed by atoms with E-state index in [0.29, 0.717) is 12.2 Å². The van der Waals surface area contributed by atoms with E-state index in [4.69, 9.17) is 10.8 Å². The van der Waals surface area contributed by atoms with Crippen LogP contribution in [0.3, 0.4) is 0 Å². The van der Waals surface area contributed by atoms with Crippen LogP contribution in [0.2, 0.25) is 6.32 Å². The highest BCUT2D eigenvalue weighted by Crippen LogP contribution is 2.33. The number of nitrogens with zero attached hydrogens (tertiary/aromatic N) is 2. The van der Waals surface area contributed by atoms with Gasteiger partial charge in [-0.2, -0.15) is 0 Å². The molecule has 0 aliphatic carbocycles. The fraction of sp³-hybridized carbons (Fsp3) is 0.500. The Bertz CT molecular complexity index is 583. The molecule has 1 saturated heterocycles. The molecule has 0 aromatic carbocycles. The quantitative estimate of drug-likeness (QED) is 0.625. The topological polar surface area (TPSA) is 117 Å². The summed E-state index contributed by atoms with van der Waals surface area (Å²) in [6.45, 7) is 0.648. The van der Waals surface area contributed by atoms with Gasteiger partial charge in [0.1, 0.15) is 13.4 Å². The molecular formula is C14H20BN3O4. The summed E-state index contributed by atoms with van der Waals surface area (Å²) in [5, 5.41) is 18.5. The molecule has 0 saturated carbocycles. The number of carboxylic acids is 2. The van der Waals surface area contributed by atoms with Gasteiger partial charge < -0.3 is 20.8 Å². The first-order chi connectivity index (χ1) is 10.4. The van der Waals surface area contributed by atoms with E-state index < -0.39 is 17.5 Å². The first kappa shape index (κ1) is 16.3. The van der Waals surface area contributed by atoms with Crippen molar-refractivity contribution in [3.05, 3.63) is 24.0 Å².